The van der Waals surface area contributed by atoms with Gasteiger partial charge in [-0.3, -0.25) is 14.3 Å². The Kier molecular flexibility index (Phi) is 8.78. The molecule has 0 radical (unpaired) electrons. The second kappa shape index (κ2) is 12.8. The summed E-state index contributed by atoms with van der Waals surface area (Å²) in [6.45, 7) is 6.26. The molecule has 0 amide bonds. The molecular weight excluding hydrogens is 500 g/mol. The topological polar surface area (TPSA) is 88.5 Å². The van der Waals surface area contributed by atoms with Crippen molar-refractivity contribution in [2.75, 3.05) is 50.3 Å². The van der Waals surface area contributed by atoms with E-state index in [0.717, 1.165) is 62.4 Å². The zero-order valence-corrected chi connectivity index (χ0v) is 23.1. The third kappa shape index (κ3) is 6.35. The van der Waals surface area contributed by atoms with Gasteiger partial charge in [0.1, 0.15) is 5.82 Å². The highest BCUT2D eigenvalue weighted by molar-refractivity contribution is 5.51. The predicted molar refractivity (Wildman–Crippen MR) is 162 cm³/mol. The molecule has 3 N–H and O–H groups in total. The fourth-order valence-corrected chi connectivity index (χ4v) is 5.45. The maximum absolute atomic E-state index is 12.5. The van der Waals surface area contributed by atoms with Gasteiger partial charge >= 0.3 is 5.69 Å². The van der Waals surface area contributed by atoms with Crippen LogP contribution >= 0.6 is 0 Å². The third-order valence-corrected chi connectivity index (χ3v) is 7.70. The molecule has 5 rings (SSSR count). The number of benzene rings is 3. The van der Waals surface area contributed by atoms with Gasteiger partial charge in [-0.15, -0.1) is 0 Å². The van der Waals surface area contributed by atoms with Gasteiger partial charge in [0.25, 0.3) is 5.56 Å². The largest absolute Gasteiger partial charge is 0.385 e. The second-order valence-electron chi connectivity index (χ2n) is 10.4. The van der Waals surface area contributed by atoms with Crippen LogP contribution in [-0.2, 0) is 7.05 Å². The van der Waals surface area contributed by atoms with Crippen molar-refractivity contribution in [2.24, 2.45) is 7.05 Å². The van der Waals surface area contributed by atoms with Crippen molar-refractivity contribution >= 4 is 11.5 Å². The quantitative estimate of drug-likeness (QED) is 0.299. The Balaban J connectivity index is 1.07. The van der Waals surface area contributed by atoms with E-state index in [1.165, 1.54) is 28.8 Å². The standard InChI is InChI=1S/C32H38N6O2/c1-35-30(39)24-29(33)38(32(35)40)28-16-14-27(15-17-28)34-18-8-9-19-36-20-22-37(23-21-36)31(25-10-4-2-5-11-25)26-12-6-3-7-13-26/h2-7,10-17,24,31,34H,8-9,18-23,33H2,1H3. The Morgan fingerprint density at radius 2 is 1.40 bits per heavy atom. The lowest BCUT2D eigenvalue weighted by Gasteiger charge is -2.39. The molecule has 8 nitrogen and oxygen atoms in total. The molecule has 1 aliphatic heterocycles. The van der Waals surface area contributed by atoms with Gasteiger partial charge in [0.05, 0.1) is 11.7 Å². The molecule has 0 aliphatic carbocycles. The second-order valence-corrected chi connectivity index (χ2v) is 10.4. The van der Waals surface area contributed by atoms with E-state index in [4.69, 9.17) is 5.73 Å². The number of aromatic nitrogens is 2. The van der Waals surface area contributed by atoms with E-state index in [0.29, 0.717) is 11.7 Å². The number of hydrogen-bond acceptors (Lipinski definition) is 6. The zero-order valence-electron chi connectivity index (χ0n) is 23.1. The van der Waals surface area contributed by atoms with Crippen molar-refractivity contribution < 1.29 is 0 Å². The molecule has 0 atom stereocenters. The number of piperazine rings is 1. The van der Waals surface area contributed by atoms with E-state index < -0.39 is 11.2 Å². The smallest absolute Gasteiger partial charge is 0.336 e. The monoisotopic (exact) mass is 538 g/mol. The molecule has 3 aromatic carbocycles. The number of nitrogens with zero attached hydrogens (tertiary/aromatic N) is 4. The maximum Gasteiger partial charge on any atom is 0.336 e. The van der Waals surface area contributed by atoms with Crippen molar-refractivity contribution in [3.63, 3.8) is 0 Å². The van der Waals surface area contributed by atoms with E-state index >= 15 is 0 Å². The Morgan fingerprint density at radius 1 is 0.800 bits per heavy atom. The molecular formula is C32H38N6O2. The molecule has 0 bridgehead atoms. The van der Waals surface area contributed by atoms with Gasteiger partial charge in [0.15, 0.2) is 0 Å². The van der Waals surface area contributed by atoms with Crippen molar-refractivity contribution in [2.45, 2.75) is 18.9 Å². The molecule has 1 aromatic heterocycles. The Morgan fingerprint density at radius 3 is 2.00 bits per heavy atom. The summed E-state index contributed by atoms with van der Waals surface area (Å²) in [6, 6.07) is 30.8. The fourth-order valence-electron chi connectivity index (χ4n) is 5.45. The van der Waals surface area contributed by atoms with Gasteiger partial charge in [0.2, 0.25) is 0 Å². The number of rotatable bonds is 10. The number of nitrogens with one attached hydrogen (secondary N) is 1. The number of anilines is 2. The van der Waals surface area contributed by atoms with Crippen LogP contribution < -0.4 is 22.3 Å². The minimum absolute atomic E-state index is 0.130. The fraction of sp³-hybridized carbons (Fsp3) is 0.312. The van der Waals surface area contributed by atoms with E-state index in [2.05, 4.69) is 75.8 Å². The molecule has 208 valence electrons. The van der Waals surface area contributed by atoms with Crippen molar-refractivity contribution in [1.82, 2.24) is 18.9 Å². The molecule has 0 spiro atoms. The Hall–Kier alpha value is -4.14. The molecule has 2 heterocycles. The minimum Gasteiger partial charge on any atom is -0.385 e. The summed E-state index contributed by atoms with van der Waals surface area (Å²) in [5.74, 6) is 0.130. The summed E-state index contributed by atoms with van der Waals surface area (Å²) < 4.78 is 2.39. The van der Waals surface area contributed by atoms with Crippen LogP contribution in [0.3, 0.4) is 0 Å². The molecule has 0 unspecified atom stereocenters. The van der Waals surface area contributed by atoms with Gasteiger partial charge in [-0.1, -0.05) is 60.7 Å². The summed E-state index contributed by atoms with van der Waals surface area (Å²) in [5.41, 5.74) is 9.39. The normalized spacial score (nSPS) is 14.4. The maximum atomic E-state index is 12.5. The lowest BCUT2D eigenvalue weighted by atomic mass is 9.96. The first-order valence-electron chi connectivity index (χ1n) is 14.0. The van der Waals surface area contributed by atoms with Crippen molar-refractivity contribution in [1.29, 1.82) is 0 Å². The van der Waals surface area contributed by atoms with Crippen LogP contribution in [0.4, 0.5) is 11.5 Å². The van der Waals surface area contributed by atoms with Crippen LogP contribution in [0.25, 0.3) is 5.69 Å². The first-order valence-corrected chi connectivity index (χ1v) is 14.0. The van der Waals surface area contributed by atoms with Gasteiger partial charge in [-0.2, -0.15) is 0 Å². The van der Waals surface area contributed by atoms with Crippen LogP contribution in [0.1, 0.15) is 30.0 Å². The minimum atomic E-state index is -0.456. The molecule has 40 heavy (non-hydrogen) atoms. The predicted octanol–water partition coefficient (Wildman–Crippen LogP) is 3.72. The zero-order chi connectivity index (χ0) is 27.9. The summed E-state index contributed by atoms with van der Waals surface area (Å²) in [5, 5.41) is 3.47. The Bertz CT molecular complexity index is 1450. The van der Waals surface area contributed by atoms with Gasteiger partial charge < -0.3 is 16.0 Å². The summed E-state index contributed by atoms with van der Waals surface area (Å²) >= 11 is 0. The van der Waals surface area contributed by atoms with Crippen molar-refractivity contribution in [3.8, 4) is 5.69 Å². The van der Waals surface area contributed by atoms with Crippen LogP contribution in [0.5, 0.6) is 0 Å². The highest BCUT2D eigenvalue weighted by atomic mass is 16.2. The first kappa shape index (κ1) is 27.4. The number of unbranched alkanes of at least 4 members (excludes halogenated alkanes) is 1. The van der Waals surface area contributed by atoms with Crippen molar-refractivity contribution in [3.05, 3.63) is 123 Å². The summed E-state index contributed by atoms with van der Waals surface area (Å²) in [7, 11) is 1.45. The van der Waals surface area contributed by atoms with Crippen LogP contribution in [0, 0.1) is 0 Å². The molecule has 1 aliphatic rings. The third-order valence-electron chi connectivity index (χ3n) is 7.70. The molecule has 0 saturated carbocycles. The number of hydrogen-bond donors (Lipinski definition) is 2. The van der Waals surface area contributed by atoms with Gasteiger partial charge in [-0.05, 0) is 54.8 Å². The lowest BCUT2D eigenvalue weighted by Crippen LogP contribution is -2.48. The molecule has 1 fully saturated rings. The first-order chi connectivity index (χ1) is 19.5. The van der Waals surface area contributed by atoms with Crippen LogP contribution in [0.2, 0.25) is 0 Å². The number of nitrogens with two attached hydrogens (primary N) is 1. The molecule has 1 saturated heterocycles. The van der Waals surface area contributed by atoms with E-state index in [-0.39, 0.29) is 5.82 Å². The average Bonchev–Trinajstić information content (AvgIpc) is 2.99. The summed E-state index contributed by atoms with van der Waals surface area (Å²) in [4.78, 5) is 29.4. The molecule has 8 heteroatoms. The van der Waals surface area contributed by atoms with Gasteiger partial charge in [-0.25, -0.2) is 9.36 Å². The highest BCUT2D eigenvalue weighted by Gasteiger charge is 2.26. The molecule has 4 aromatic rings. The highest BCUT2D eigenvalue weighted by Crippen LogP contribution is 2.29. The van der Waals surface area contributed by atoms with Gasteiger partial charge in [0, 0.05) is 51.5 Å². The lowest BCUT2D eigenvalue weighted by molar-refractivity contribution is 0.108. The van der Waals surface area contributed by atoms with Crippen LogP contribution in [0.15, 0.2) is 101 Å². The SMILES string of the molecule is Cn1c(=O)cc(N)n(-c2ccc(NCCCCN3CCN(C(c4ccccc4)c4ccccc4)CC3)cc2)c1=O. The summed E-state index contributed by atoms with van der Waals surface area (Å²) in [6.07, 6.45) is 2.21. The average molecular weight is 539 g/mol. The Labute approximate surface area is 235 Å². The van der Waals surface area contributed by atoms with E-state index in [1.54, 1.807) is 0 Å². The van der Waals surface area contributed by atoms with E-state index in [1.807, 2.05) is 24.3 Å². The van der Waals surface area contributed by atoms with E-state index in [9.17, 15) is 9.59 Å². The van der Waals surface area contributed by atoms with Crippen LogP contribution in [-0.4, -0.2) is 58.2 Å². The number of nitrogen functional groups attached to an aromatic ring is 1.